The number of likely N-dealkylation sites (N-methyl/N-ethyl adjacent to an activating group) is 1. The molecule has 1 atom stereocenters. The van der Waals surface area contributed by atoms with Crippen LogP contribution in [0.5, 0.6) is 0 Å². The zero-order valence-corrected chi connectivity index (χ0v) is 16.4. The number of halogens is 1. The summed E-state index contributed by atoms with van der Waals surface area (Å²) in [6, 6.07) is 14.5. The minimum absolute atomic E-state index is 0.310. The van der Waals surface area contributed by atoms with E-state index < -0.39 is 23.9 Å². The Labute approximate surface area is 169 Å². The van der Waals surface area contributed by atoms with Gasteiger partial charge in [-0.3, -0.25) is 4.90 Å². The molecule has 0 aliphatic carbocycles. The Morgan fingerprint density at radius 3 is 2.41 bits per heavy atom. The minimum atomic E-state index is -0.720. The lowest BCUT2D eigenvalue weighted by Crippen LogP contribution is -2.48. The number of nitrogens with one attached hydrogen (secondary N) is 2. The van der Waals surface area contributed by atoms with Crippen molar-refractivity contribution >= 4 is 12.0 Å². The zero-order valence-electron chi connectivity index (χ0n) is 16.4. The van der Waals surface area contributed by atoms with E-state index >= 15 is 0 Å². The predicted molar refractivity (Wildman–Crippen MR) is 107 cm³/mol. The van der Waals surface area contributed by atoms with E-state index in [9.17, 15) is 14.0 Å². The van der Waals surface area contributed by atoms with E-state index in [1.165, 1.54) is 19.2 Å². The summed E-state index contributed by atoms with van der Waals surface area (Å²) in [6.07, 6.45) is 0. The summed E-state index contributed by atoms with van der Waals surface area (Å²) >= 11 is 0. The van der Waals surface area contributed by atoms with E-state index in [2.05, 4.69) is 15.5 Å². The van der Waals surface area contributed by atoms with Crippen LogP contribution in [0.4, 0.5) is 9.18 Å². The van der Waals surface area contributed by atoms with Crippen molar-refractivity contribution in [3.05, 3.63) is 82.8 Å². The molecule has 29 heavy (non-hydrogen) atoms. The fourth-order valence-electron chi connectivity index (χ4n) is 3.34. The van der Waals surface area contributed by atoms with Crippen LogP contribution in [-0.2, 0) is 16.1 Å². The fraction of sp³-hybridized carbons (Fsp3) is 0.273. The second-order valence-corrected chi connectivity index (χ2v) is 6.76. The van der Waals surface area contributed by atoms with E-state index in [0.29, 0.717) is 29.9 Å². The minimum Gasteiger partial charge on any atom is -0.466 e. The average Bonchev–Trinajstić information content (AvgIpc) is 2.73. The molecule has 2 aromatic rings. The van der Waals surface area contributed by atoms with Gasteiger partial charge in [0.25, 0.3) is 0 Å². The molecule has 1 aliphatic heterocycles. The molecular weight excluding hydrogens is 373 g/mol. The summed E-state index contributed by atoms with van der Waals surface area (Å²) in [6.45, 7) is 3.76. The molecule has 0 unspecified atom stereocenters. The predicted octanol–water partition coefficient (Wildman–Crippen LogP) is 3.13. The third-order valence-electron chi connectivity index (χ3n) is 4.84. The molecule has 0 saturated carbocycles. The number of hydrogen-bond donors (Lipinski definition) is 2. The number of methoxy groups -OCH3 is 1. The molecule has 0 bridgehead atoms. The second kappa shape index (κ2) is 9.34. The molecule has 0 fully saturated rings. The van der Waals surface area contributed by atoms with Crippen LogP contribution in [-0.4, -0.2) is 37.1 Å². The SMILES string of the molecule is CCN(CC1=C(C(=O)OC)[C@H](c2ccc(F)cc2)NC(=O)N1)Cc1ccccc1. The molecule has 0 saturated heterocycles. The number of benzene rings is 2. The van der Waals surface area contributed by atoms with Crippen LogP contribution in [0.25, 0.3) is 0 Å². The van der Waals surface area contributed by atoms with Gasteiger partial charge in [0.05, 0.1) is 18.7 Å². The number of amides is 2. The van der Waals surface area contributed by atoms with Gasteiger partial charge in [-0.2, -0.15) is 0 Å². The first-order valence-electron chi connectivity index (χ1n) is 9.42. The Bertz CT molecular complexity index is 897. The van der Waals surface area contributed by atoms with Gasteiger partial charge in [0.15, 0.2) is 0 Å². The first kappa shape index (κ1) is 20.5. The Hall–Kier alpha value is -3.19. The van der Waals surface area contributed by atoms with Gasteiger partial charge in [0.2, 0.25) is 0 Å². The van der Waals surface area contributed by atoms with Gasteiger partial charge >= 0.3 is 12.0 Å². The van der Waals surface area contributed by atoms with Crippen LogP contribution in [0.2, 0.25) is 0 Å². The third kappa shape index (κ3) is 5.00. The quantitative estimate of drug-likeness (QED) is 0.705. The van der Waals surface area contributed by atoms with E-state index in [-0.39, 0.29) is 0 Å². The van der Waals surface area contributed by atoms with Crippen molar-refractivity contribution in [3.8, 4) is 0 Å². The third-order valence-corrected chi connectivity index (χ3v) is 4.84. The molecule has 152 valence electrons. The number of carbonyl (C=O) groups is 2. The monoisotopic (exact) mass is 397 g/mol. The summed E-state index contributed by atoms with van der Waals surface area (Å²) in [7, 11) is 1.30. The second-order valence-electron chi connectivity index (χ2n) is 6.76. The largest absolute Gasteiger partial charge is 0.466 e. The zero-order chi connectivity index (χ0) is 20.8. The van der Waals surface area contributed by atoms with Crippen LogP contribution < -0.4 is 10.6 Å². The Morgan fingerprint density at radius 1 is 1.10 bits per heavy atom. The molecule has 0 spiro atoms. The van der Waals surface area contributed by atoms with Crippen LogP contribution >= 0.6 is 0 Å². The summed E-state index contributed by atoms with van der Waals surface area (Å²) in [4.78, 5) is 27.0. The molecule has 1 aliphatic rings. The maximum atomic E-state index is 13.3. The van der Waals surface area contributed by atoms with Crippen molar-refractivity contribution in [1.29, 1.82) is 0 Å². The number of nitrogens with zero attached hydrogens (tertiary/aromatic N) is 1. The first-order chi connectivity index (χ1) is 14.0. The number of ether oxygens (including phenoxy) is 1. The Balaban J connectivity index is 1.95. The van der Waals surface area contributed by atoms with Gasteiger partial charge in [0, 0.05) is 18.8 Å². The van der Waals surface area contributed by atoms with Crippen LogP contribution in [0, 0.1) is 5.82 Å². The molecular formula is C22H24FN3O3. The molecule has 6 nitrogen and oxygen atoms in total. The lowest BCUT2D eigenvalue weighted by molar-refractivity contribution is -0.136. The normalized spacial score (nSPS) is 16.4. The highest BCUT2D eigenvalue weighted by atomic mass is 19.1. The number of urea groups is 1. The van der Waals surface area contributed by atoms with E-state index in [1.807, 2.05) is 37.3 Å². The number of rotatable bonds is 7. The van der Waals surface area contributed by atoms with E-state index in [1.54, 1.807) is 12.1 Å². The topological polar surface area (TPSA) is 70.7 Å². The van der Waals surface area contributed by atoms with Gasteiger partial charge < -0.3 is 15.4 Å². The van der Waals surface area contributed by atoms with Gasteiger partial charge in [-0.15, -0.1) is 0 Å². The molecule has 3 rings (SSSR count). The van der Waals surface area contributed by atoms with Crippen molar-refractivity contribution in [2.75, 3.05) is 20.2 Å². The molecule has 0 aromatic heterocycles. The smallest absolute Gasteiger partial charge is 0.338 e. The molecule has 1 heterocycles. The molecule has 2 aromatic carbocycles. The van der Waals surface area contributed by atoms with Gasteiger partial charge in [0.1, 0.15) is 5.82 Å². The molecule has 2 N–H and O–H groups in total. The molecule has 7 heteroatoms. The molecule has 0 radical (unpaired) electrons. The summed E-state index contributed by atoms with van der Waals surface area (Å²) in [5.74, 6) is -0.935. The number of esters is 1. The van der Waals surface area contributed by atoms with E-state index in [0.717, 1.165) is 12.1 Å². The van der Waals surface area contributed by atoms with Crippen LogP contribution in [0.15, 0.2) is 65.9 Å². The highest BCUT2D eigenvalue weighted by Gasteiger charge is 2.34. The lowest BCUT2D eigenvalue weighted by atomic mass is 9.95. The van der Waals surface area contributed by atoms with Crippen molar-refractivity contribution in [3.63, 3.8) is 0 Å². The Kier molecular flexibility index (Phi) is 6.61. The average molecular weight is 397 g/mol. The maximum Gasteiger partial charge on any atom is 0.338 e. The van der Waals surface area contributed by atoms with Gasteiger partial charge in [-0.25, -0.2) is 14.0 Å². The van der Waals surface area contributed by atoms with Crippen LogP contribution in [0.1, 0.15) is 24.1 Å². The number of hydrogen-bond acceptors (Lipinski definition) is 4. The van der Waals surface area contributed by atoms with Gasteiger partial charge in [-0.05, 0) is 29.8 Å². The first-order valence-corrected chi connectivity index (χ1v) is 9.42. The highest BCUT2D eigenvalue weighted by molar-refractivity contribution is 5.95. The number of carbonyl (C=O) groups excluding carboxylic acids is 2. The maximum absolute atomic E-state index is 13.3. The van der Waals surface area contributed by atoms with Crippen molar-refractivity contribution in [2.45, 2.75) is 19.5 Å². The lowest BCUT2D eigenvalue weighted by Gasteiger charge is -2.31. The molecule has 2 amide bonds. The van der Waals surface area contributed by atoms with E-state index in [4.69, 9.17) is 4.74 Å². The van der Waals surface area contributed by atoms with Gasteiger partial charge in [-0.1, -0.05) is 49.4 Å². The summed E-state index contributed by atoms with van der Waals surface area (Å²) in [5, 5.41) is 5.50. The summed E-state index contributed by atoms with van der Waals surface area (Å²) < 4.78 is 18.3. The summed E-state index contributed by atoms with van der Waals surface area (Å²) in [5.41, 5.74) is 2.52. The van der Waals surface area contributed by atoms with Crippen molar-refractivity contribution in [2.24, 2.45) is 0 Å². The van der Waals surface area contributed by atoms with Crippen molar-refractivity contribution < 1.29 is 18.7 Å². The van der Waals surface area contributed by atoms with Crippen molar-refractivity contribution in [1.82, 2.24) is 15.5 Å². The van der Waals surface area contributed by atoms with Crippen LogP contribution in [0.3, 0.4) is 0 Å². The highest BCUT2D eigenvalue weighted by Crippen LogP contribution is 2.28. The Morgan fingerprint density at radius 2 is 1.79 bits per heavy atom. The fourth-order valence-corrected chi connectivity index (χ4v) is 3.34. The standard InChI is InChI=1S/C22H24FN3O3/c1-3-26(13-15-7-5-4-6-8-15)14-18-19(21(27)29-2)20(25-22(28)24-18)16-9-11-17(23)12-10-16/h4-12,20H,3,13-14H2,1-2H3,(H2,24,25,28)/t20-/m0/s1.